The van der Waals surface area contributed by atoms with Crippen LogP contribution in [0.4, 0.5) is 0 Å². The lowest BCUT2D eigenvalue weighted by Crippen LogP contribution is -2.60. The fraction of sp³-hybridized carbons (Fsp3) is 1.00. The molecule has 3 heteroatoms. The van der Waals surface area contributed by atoms with Crippen LogP contribution in [-0.4, -0.2) is 49.8 Å². The van der Waals surface area contributed by atoms with Crippen LogP contribution >= 0.6 is 0 Å². The maximum absolute atomic E-state index is 5.79. The second-order valence-corrected chi connectivity index (χ2v) is 6.39. The predicted octanol–water partition coefficient (Wildman–Crippen LogP) is 2.27. The monoisotopic (exact) mass is 254 g/mol. The number of rotatable bonds is 6. The maximum Gasteiger partial charge on any atom is 0.0593 e. The summed E-state index contributed by atoms with van der Waals surface area (Å²) in [5.41, 5.74) is 0.472. The van der Waals surface area contributed by atoms with E-state index in [2.05, 4.69) is 24.1 Å². The van der Waals surface area contributed by atoms with E-state index in [9.17, 15) is 0 Å². The number of nitrogens with zero attached hydrogens (tertiary/aromatic N) is 1. The van der Waals surface area contributed by atoms with Gasteiger partial charge in [0, 0.05) is 38.3 Å². The molecule has 18 heavy (non-hydrogen) atoms. The molecule has 0 aromatic rings. The highest BCUT2D eigenvalue weighted by Crippen LogP contribution is 2.35. The molecule has 1 aliphatic carbocycles. The smallest absolute Gasteiger partial charge is 0.0593 e. The lowest BCUT2D eigenvalue weighted by atomic mass is 9.93. The Kier molecular flexibility index (Phi) is 5.46. The Balaban J connectivity index is 1.70. The van der Waals surface area contributed by atoms with Crippen molar-refractivity contribution in [2.45, 2.75) is 51.5 Å². The Labute approximate surface area is 112 Å². The zero-order valence-corrected chi connectivity index (χ0v) is 12.2. The maximum atomic E-state index is 5.79. The van der Waals surface area contributed by atoms with Crippen molar-refractivity contribution in [3.8, 4) is 0 Å². The molecule has 0 aromatic carbocycles. The zero-order valence-electron chi connectivity index (χ0n) is 12.2. The van der Waals surface area contributed by atoms with E-state index in [1.807, 2.05) is 0 Å². The van der Waals surface area contributed by atoms with Crippen LogP contribution in [0.2, 0.25) is 0 Å². The van der Waals surface area contributed by atoms with Crippen LogP contribution < -0.4 is 5.32 Å². The van der Waals surface area contributed by atoms with Gasteiger partial charge in [0.2, 0.25) is 0 Å². The van der Waals surface area contributed by atoms with Crippen molar-refractivity contribution >= 4 is 0 Å². The summed E-state index contributed by atoms with van der Waals surface area (Å²) in [4.78, 5) is 2.70. The molecule has 1 saturated carbocycles. The summed E-state index contributed by atoms with van der Waals surface area (Å²) in [6, 6.07) is 0. The molecule has 1 spiro atoms. The lowest BCUT2D eigenvalue weighted by Gasteiger charge is -2.45. The highest BCUT2D eigenvalue weighted by atomic mass is 16.5. The third-order valence-corrected chi connectivity index (χ3v) is 4.56. The lowest BCUT2D eigenvalue weighted by molar-refractivity contribution is 0.0255. The van der Waals surface area contributed by atoms with Crippen molar-refractivity contribution in [1.29, 1.82) is 0 Å². The molecule has 1 heterocycles. The van der Waals surface area contributed by atoms with Crippen molar-refractivity contribution in [1.82, 2.24) is 10.2 Å². The van der Waals surface area contributed by atoms with E-state index in [0.717, 1.165) is 32.2 Å². The van der Waals surface area contributed by atoms with Crippen molar-refractivity contribution in [3.05, 3.63) is 0 Å². The van der Waals surface area contributed by atoms with Crippen LogP contribution in [-0.2, 0) is 4.74 Å². The molecule has 0 radical (unpaired) electrons. The van der Waals surface area contributed by atoms with Crippen LogP contribution in [0, 0.1) is 5.92 Å². The minimum Gasteiger partial charge on any atom is -0.380 e. The van der Waals surface area contributed by atoms with Crippen molar-refractivity contribution in [3.63, 3.8) is 0 Å². The standard InChI is InChI=1S/C15H30N2O/c1-14(2)5-11-18-12-10-17-9-8-16-13-15(17)6-3-4-7-15/h14,16H,3-13H2,1-2H3. The van der Waals surface area contributed by atoms with Gasteiger partial charge in [0.25, 0.3) is 0 Å². The van der Waals surface area contributed by atoms with Crippen LogP contribution in [0.1, 0.15) is 46.0 Å². The molecule has 1 saturated heterocycles. The van der Waals surface area contributed by atoms with Gasteiger partial charge in [-0.25, -0.2) is 0 Å². The van der Waals surface area contributed by atoms with Crippen molar-refractivity contribution in [2.24, 2.45) is 5.92 Å². The summed E-state index contributed by atoms with van der Waals surface area (Å²) >= 11 is 0. The minimum atomic E-state index is 0.472. The van der Waals surface area contributed by atoms with E-state index in [1.165, 1.54) is 45.2 Å². The van der Waals surface area contributed by atoms with Gasteiger partial charge in [0.05, 0.1) is 6.61 Å². The normalized spacial score (nSPS) is 24.2. The second-order valence-electron chi connectivity index (χ2n) is 6.39. The molecule has 1 aliphatic heterocycles. The highest BCUT2D eigenvalue weighted by Gasteiger charge is 2.40. The average molecular weight is 254 g/mol. The first kappa shape index (κ1) is 14.3. The number of hydrogen-bond acceptors (Lipinski definition) is 3. The average Bonchev–Trinajstić information content (AvgIpc) is 2.80. The number of nitrogens with one attached hydrogen (secondary N) is 1. The molecule has 3 nitrogen and oxygen atoms in total. The van der Waals surface area contributed by atoms with E-state index in [4.69, 9.17) is 4.74 Å². The quantitative estimate of drug-likeness (QED) is 0.736. The van der Waals surface area contributed by atoms with Crippen LogP contribution in [0.25, 0.3) is 0 Å². The van der Waals surface area contributed by atoms with Crippen LogP contribution in [0.5, 0.6) is 0 Å². The van der Waals surface area contributed by atoms with Gasteiger partial charge in [-0.15, -0.1) is 0 Å². The first-order valence-electron chi connectivity index (χ1n) is 7.76. The Morgan fingerprint density at radius 1 is 1.22 bits per heavy atom. The molecular weight excluding hydrogens is 224 g/mol. The molecule has 1 N–H and O–H groups in total. The molecule has 2 fully saturated rings. The number of ether oxygens (including phenoxy) is 1. The third-order valence-electron chi connectivity index (χ3n) is 4.56. The van der Waals surface area contributed by atoms with Crippen molar-refractivity contribution in [2.75, 3.05) is 39.4 Å². The fourth-order valence-corrected chi connectivity index (χ4v) is 3.35. The van der Waals surface area contributed by atoms with Gasteiger partial charge in [-0.2, -0.15) is 0 Å². The molecule has 0 atom stereocenters. The van der Waals surface area contributed by atoms with Gasteiger partial charge in [-0.3, -0.25) is 4.90 Å². The van der Waals surface area contributed by atoms with E-state index in [1.54, 1.807) is 0 Å². The van der Waals surface area contributed by atoms with E-state index in [-0.39, 0.29) is 0 Å². The zero-order chi connectivity index (χ0) is 12.8. The first-order valence-corrected chi connectivity index (χ1v) is 7.76. The summed E-state index contributed by atoms with van der Waals surface area (Å²) in [5.74, 6) is 0.755. The Morgan fingerprint density at radius 3 is 2.72 bits per heavy atom. The SMILES string of the molecule is CC(C)CCOCCN1CCNCC12CCCC2. The summed E-state index contributed by atoms with van der Waals surface area (Å²) in [7, 11) is 0. The third kappa shape index (κ3) is 3.69. The molecule has 0 unspecified atom stereocenters. The van der Waals surface area contributed by atoms with E-state index >= 15 is 0 Å². The number of hydrogen-bond donors (Lipinski definition) is 1. The Bertz CT molecular complexity index is 237. The topological polar surface area (TPSA) is 24.5 Å². The summed E-state index contributed by atoms with van der Waals surface area (Å²) in [5, 5.41) is 3.58. The summed E-state index contributed by atoms with van der Waals surface area (Å²) < 4.78 is 5.79. The van der Waals surface area contributed by atoms with E-state index < -0.39 is 0 Å². The van der Waals surface area contributed by atoms with Gasteiger partial charge in [0.15, 0.2) is 0 Å². The fourth-order valence-electron chi connectivity index (χ4n) is 3.35. The van der Waals surface area contributed by atoms with Gasteiger partial charge < -0.3 is 10.1 Å². The molecule has 2 aliphatic rings. The van der Waals surface area contributed by atoms with Crippen LogP contribution in [0.3, 0.4) is 0 Å². The Morgan fingerprint density at radius 2 is 2.00 bits per heavy atom. The largest absolute Gasteiger partial charge is 0.380 e. The van der Waals surface area contributed by atoms with E-state index in [0.29, 0.717) is 5.54 Å². The minimum absolute atomic E-state index is 0.472. The van der Waals surface area contributed by atoms with Gasteiger partial charge in [-0.05, 0) is 25.2 Å². The number of piperazine rings is 1. The molecule has 0 amide bonds. The summed E-state index contributed by atoms with van der Waals surface area (Å²) in [6.07, 6.45) is 6.77. The van der Waals surface area contributed by atoms with Gasteiger partial charge in [-0.1, -0.05) is 26.7 Å². The predicted molar refractivity (Wildman–Crippen MR) is 75.9 cm³/mol. The first-order chi connectivity index (χ1) is 8.73. The molecule has 106 valence electrons. The van der Waals surface area contributed by atoms with Crippen molar-refractivity contribution < 1.29 is 4.74 Å². The Hall–Kier alpha value is -0.120. The molecule has 0 aromatic heterocycles. The summed E-state index contributed by atoms with van der Waals surface area (Å²) in [6.45, 7) is 11.0. The van der Waals surface area contributed by atoms with Gasteiger partial charge in [0.1, 0.15) is 0 Å². The second kappa shape index (κ2) is 6.88. The van der Waals surface area contributed by atoms with Crippen LogP contribution in [0.15, 0.2) is 0 Å². The highest BCUT2D eigenvalue weighted by molar-refractivity contribution is 4.99. The van der Waals surface area contributed by atoms with Gasteiger partial charge >= 0.3 is 0 Å². The molecule has 0 bridgehead atoms. The molecular formula is C15H30N2O. The molecule has 2 rings (SSSR count).